The van der Waals surface area contributed by atoms with Gasteiger partial charge in [0.15, 0.2) is 0 Å². The molecule has 4 aliphatic rings. The number of hydrogen-bond acceptors (Lipinski definition) is 3. The van der Waals surface area contributed by atoms with Gasteiger partial charge in [0.25, 0.3) is 5.09 Å². The van der Waals surface area contributed by atoms with Gasteiger partial charge < -0.3 is 10.9 Å². The lowest BCUT2D eigenvalue weighted by molar-refractivity contribution is -0.742. The predicted molar refractivity (Wildman–Crippen MR) is 53.9 cm³/mol. The van der Waals surface area contributed by atoms with Crippen molar-refractivity contribution in [1.82, 2.24) is 0 Å². The van der Waals surface area contributed by atoms with E-state index in [2.05, 4.69) is 0 Å². The van der Waals surface area contributed by atoms with E-state index in [0.29, 0.717) is 5.54 Å². The summed E-state index contributed by atoms with van der Waals surface area (Å²) in [6, 6.07) is 0. The quantitative estimate of drug-likeness (QED) is 0.473. The van der Waals surface area contributed by atoms with Gasteiger partial charge in [-0.1, -0.05) is 0 Å². The molecule has 0 aromatic heterocycles. The van der Waals surface area contributed by atoms with Crippen molar-refractivity contribution in [2.75, 3.05) is 0 Å². The lowest BCUT2D eigenvalue weighted by Gasteiger charge is -2.55. The van der Waals surface area contributed by atoms with E-state index in [4.69, 9.17) is 21.1 Å². The topological polar surface area (TPSA) is 89.4 Å². The van der Waals surface area contributed by atoms with Gasteiger partial charge in [0, 0.05) is 5.54 Å². The van der Waals surface area contributed by atoms with E-state index in [1.165, 1.54) is 38.5 Å². The molecule has 15 heavy (non-hydrogen) atoms. The van der Waals surface area contributed by atoms with Crippen molar-refractivity contribution in [3.8, 4) is 0 Å². The first-order valence-electron chi connectivity index (χ1n) is 5.59. The molecule has 0 saturated heterocycles. The molecular weight excluding hydrogens is 196 g/mol. The fourth-order valence-electron chi connectivity index (χ4n) is 4.18. The van der Waals surface area contributed by atoms with E-state index < -0.39 is 5.09 Å². The van der Waals surface area contributed by atoms with Crippen LogP contribution in [0.15, 0.2) is 0 Å². The van der Waals surface area contributed by atoms with Crippen LogP contribution in [0.1, 0.15) is 38.5 Å². The minimum Gasteiger partial charge on any atom is -0.328 e. The highest BCUT2D eigenvalue weighted by atomic mass is 16.9. The minimum absolute atomic E-state index is 0.300. The third-order valence-electron chi connectivity index (χ3n) is 4.09. The maximum atomic E-state index is 8.36. The molecule has 0 aromatic carbocycles. The second-order valence-electron chi connectivity index (χ2n) is 5.52. The Morgan fingerprint density at radius 2 is 1.40 bits per heavy atom. The lowest BCUT2D eigenvalue weighted by Crippen LogP contribution is -2.55. The Morgan fingerprint density at radius 3 is 1.60 bits per heavy atom. The fourth-order valence-corrected chi connectivity index (χ4v) is 4.18. The van der Waals surface area contributed by atoms with E-state index in [1.54, 1.807) is 0 Å². The summed E-state index contributed by atoms with van der Waals surface area (Å²) in [5.41, 5.74) is 6.62. The molecule has 3 N–H and O–H groups in total. The molecule has 0 aliphatic heterocycles. The summed E-state index contributed by atoms with van der Waals surface area (Å²) in [7, 11) is 0. The Kier molecular flexibility index (Phi) is 2.58. The molecule has 5 nitrogen and oxygen atoms in total. The molecule has 0 amide bonds. The Bertz CT molecular complexity index is 228. The molecular formula is C10H18N2O3. The number of nitrogens with zero attached hydrogens (tertiary/aromatic N) is 1. The number of rotatable bonds is 0. The zero-order valence-electron chi connectivity index (χ0n) is 8.76. The van der Waals surface area contributed by atoms with Crippen LogP contribution in [0.4, 0.5) is 0 Å². The van der Waals surface area contributed by atoms with Crippen molar-refractivity contribution < 1.29 is 10.3 Å². The second-order valence-corrected chi connectivity index (χ2v) is 5.52. The van der Waals surface area contributed by atoms with Crippen molar-refractivity contribution in [3.05, 3.63) is 10.1 Å². The first-order valence-corrected chi connectivity index (χ1v) is 5.59. The van der Waals surface area contributed by atoms with Crippen LogP contribution in [0, 0.1) is 27.9 Å². The molecule has 4 rings (SSSR count). The zero-order valence-corrected chi connectivity index (χ0v) is 8.76. The highest BCUT2D eigenvalue weighted by Crippen LogP contribution is 2.54. The van der Waals surface area contributed by atoms with Crippen LogP contribution in [0.2, 0.25) is 0 Å². The molecule has 0 atom stereocenters. The van der Waals surface area contributed by atoms with Gasteiger partial charge >= 0.3 is 0 Å². The predicted octanol–water partition coefficient (Wildman–Crippen LogP) is 1.57. The highest BCUT2D eigenvalue weighted by Gasteiger charge is 2.48. The smallest absolute Gasteiger partial charge is 0.291 e. The van der Waals surface area contributed by atoms with Gasteiger partial charge in [-0.15, -0.1) is 10.1 Å². The Hall–Kier alpha value is -0.840. The highest BCUT2D eigenvalue weighted by molar-refractivity contribution is 5.04. The van der Waals surface area contributed by atoms with Gasteiger partial charge in [0.2, 0.25) is 0 Å². The summed E-state index contributed by atoms with van der Waals surface area (Å²) < 4.78 is 0. The summed E-state index contributed by atoms with van der Waals surface area (Å²) in [5, 5.41) is 13.6. The van der Waals surface area contributed by atoms with Crippen LogP contribution in [0.25, 0.3) is 0 Å². The third kappa shape index (κ3) is 2.40. The van der Waals surface area contributed by atoms with Gasteiger partial charge in [-0.25, -0.2) is 0 Å². The molecule has 4 aliphatic carbocycles. The van der Waals surface area contributed by atoms with Crippen molar-refractivity contribution in [2.45, 2.75) is 44.1 Å². The standard InChI is InChI=1S/C10H17N.HNO3/c11-10-4-7-1-8(5-10)3-9(2-7)6-10;2-1(3)4/h7-9H,1-6,11H2;(H,2,3,4). The molecule has 86 valence electrons. The van der Waals surface area contributed by atoms with Crippen LogP contribution in [0.3, 0.4) is 0 Å². The zero-order chi connectivity index (χ0) is 11.1. The number of nitrogens with two attached hydrogens (primary N) is 1. The average Bonchev–Trinajstić information content (AvgIpc) is 1.96. The van der Waals surface area contributed by atoms with Gasteiger partial charge in [-0.05, 0) is 56.3 Å². The summed E-state index contributed by atoms with van der Waals surface area (Å²) in [6.07, 6.45) is 8.57. The first kappa shape index (κ1) is 10.7. The Balaban J connectivity index is 0.000000188. The second kappa shape index (κ2) is 3.63. The summed E-state index contributed by atoms with van der Waals surface area (Å²) >= 11 is 0. The van der Waals surface area contributed by atoms with Gasteiger partial charge in [0.1, 0.15) is 0 Å². The van der Waals surface area contributed by atoms with Crippen LogP contribution in [-0.4, -0.2) is 15.8 Å². The van der Waals surface area contributed by atoms with Gasteiger partial charge in [0.05, 0.1) is 0 Å². The van der Waals surface area contributed by atoms with Crippen molar-refractivity contribution >= 4 is 0 Å². The Labute approximate surface area is 88.8 Å². The van der Waals surface area contributed by atoms with Crippen molar-refractivity contribution in [1.29, 1.82) is 0 Å². The van der Waals surface area contributed by atoms with Crippen LogP contribution >= 0.6 is 0 Å². The fraction of sp³-hybridized carbons (Fsp3) is 1.00. The average molecular weight is 214 g/mol. The van der Waals surface area contributed by atoms with Gasteiger partial charge in [-0.3, -0.25) is 0 Å². The number of hydrogen-bond donors (Lipinski definition) is 2. The van der Waals surface area contributed by atoms with E-state index in [0.717, 1.165) is 17.8 Å². The molecule has 0 aromatic rings. The Morgan fingerprint density at radius 1 is 1.13 bits per heavy atom. The monoisotopic (exact) mass is 214 g/mol. The molecule has 4 fully saturated rings. The first-order chi connectivity index (χ1) is 6.97. The van der Waals surface area contributed by atoms with Crippen molar-refractivity contribution in [3.63, 3.8) is 0 Å². The molecule has 0 heterocycles. The lowest BCUT2D eigenvalue weighted by atomic mass is 9.53. The molecule has 0 radical (unpaired) electrons. The summed E-state index contributed by atoms with van der Waals surface area (Å²) in [5.74, 6) is 3.06. The van der Waals surface area contributed by atoms with E-state index in [-0.39, 0.29) is 0 Å². The normalized spacial score (nSPS) is 45.8. The third-order valence-corrected chi connectivity index (χ3v) is 4.09. The van der Waals surface area contributed by atoms with E-state index in [1.807, 2.05) is 0 Å². The SMILES string of the molecule is NC12CC3CC(CC(C3)C1)C2.O=[N+]([O-])O. The van der Waals surface area contributed by atoms with E-state index >= 15 is 0 Å². The largest absolute Gasteiger partial charge is 0.328 e. The molecule has 4 saturated carbocycles. The minimum atomic E-state index is -1.50. The van der Waals surface area contributed by atoms with Crippen molar-refractivity contribution in [2.24, 2.45) is 23.5 Å². The summed E-state index contributed by atoms with van der Waals surface area (Å²) in [4.78, 5) is 8.36. The molecule has 5 heteroatoms. The van der Waals surface area contributed by atoms with Crippen LogP contribution in [0.5, 0.6) is 0 Å². The summed E-state index contributed by atoms with van der Waals surface area (Å²) in [6.45, 7) is 0. The maximum Gasteiger partial charge on any atom is 0.291 e. The molecule has 0 unspecified atom stereocenters. The van der Waals surface area contributed by atoms with Crippen LogP contribution in [-0.2, 0) is 0 Å². The maximum absolute atomic E-state index is 8.36. The molecule has 0 spiro atoms. The van der Waals surface area contributed by atoms with E-state index in [9.17, 15) is 0 Å². The molecule has 4 bridgehead atoms. The van der Waals surface area contributed by atoms with Gasteiger partial charge in [-0.2, -0.15) is 0 Å². The van der Waals surface area contributed by atoms with Crippen LogP contribution < -0.4 is 5.73 Å².